The van der Waals surface area contributed by atoms with Gasteiger partial charge in [-0.25, -0.2) is 9.18 Å². The number of hydrogen-bond acceptors (Lipinski definition) is 6. The number of hydrogen-bond donors (Lipinski definition) is 0. The second-order valence-electron chi connectivity index (χ2n) is 7.54. The van der Waals surface area contributed by atoms with E-state index in [1.807, 2.05) is 11.9 Å². The van der Waals surface area contributed by atoms with Crippen molar-refractivity contribution in [1.29, 1.82) is 5.26 Å². The maximum Gasteiger partial charge on any atom is 0.352 e. The molecule has 1 aliphatic rings. The summed E-state index contributed by atoms with van der Waals surface area (Å²) in [5, 5.41) is 9.49. The van der Waals surface area contributed by atoms with Crippen LogP contribution in [0, 0.1) is 17.1 Å². The van der Waals surface area contributed by atoms with Crippen molar-refractivity contribution in [3.63, 3.8) is 0 Å². The van der Waals surface area contributed by atoms with Crippen LogP contribution in [0.1, 0.15) is 24.5 Å². The van der Waals surface area contributed by atoms with Crippen LogP contribution in [0.25, 0.3) is 0 Å². The lowest BCUT2D eigenvalue weighted by molar-refractivity contribution is 0.289. The standard InChI is InChI=1S/C23H20ClFN4O3/c1-14-7-8-29-22(28(14)2)11-21(27-23(29)30)31-13-15-3-6-20(16(9-15)12-26)32-17-4-5-18(24)19(25)10-17/h3-6,9-11,14H,7-8,13H2,1-2H3. The number of aromatic nitrogens is 2. The summed E-state index contributed by atoms with van der Waals surface area (Å²) < 4.78 is 26.6. The number of fused-ring (bicyclic) bond motifs is 1. The molecule has 0 bridgehead atoms. The first kappa shape index (κ1) is 21.7. The van der Waals surface area contributed by atoms with Crippen molar-refractivity contribution in [1.82, 2.24) is 9.55 Å². The van der Waals surface area contributed by atoms with Gasteiger partial charge >= 0.3 is 5.69 Å². The number of rotatable bonds is 5. The van der Waals surface area contributed by atoms with Crippen molar-refractivity contribution in [2.45, 2.75) is 32.5 Å². The largest absolute Gasteiger partial charge is 0.473 e. The molecule has 0 amide bonds. The normalized spacial score (nSPS) is 15.1. The van der Waals surface area contributed by atoms with Crippen molar-refractivity contribution in [3.8, 4) is 23.4 Å². The molecule has 3 aromatic rings. The lowest BCUT2D eigenvalue weighted by Crippen LogP contribution is -2.41. The Labute approximate surface area is 189 Å². The average molecular weight is 455 g/mol. The summed E-state index contributed by atoms with van der Waals surface area (Å²) in [6.07, 6.45) is 0.874. The molecule has 0 radical (unpaired) electrons. The number of benzene rings is 2. The predicted octanol–water partition coefficient (Wildman–Crippen LogP) is 4.51. The van der Waals surface area contributed by atoms with Gasteiger partial charge in [-0.2, -0.15) is 10.2 Å². The fraction of sp³-hybridized carbons (Fsp3) is 0.261. The van der Waals surface area contributed by atoms with E-state index in [-0.39, 0.29) is 40.3 Å². The van der Waals surface area contributed by atoms with E-state index in [9.17, 15) is 14.4 Å². The Hall–Kier alpha value is -3.57. The van der Waals surface area contributed by atoms with Crippen LogP contribution >= 0.6 is 11.6 Å². The molecule has 4 rings (SSSR count). The van der Waals surface area contributed by atoms with Crippen LogP contribution in [0.15, 0.2) is 47.3 Å². The summed E-state index contributed by atoms with van der Waals surface area (Å²) in [5.41, 5.74) is 0.596. The fourth-order valence-corrected chi connectivity index (χ4v) is 3.57. The van der Waals surface area contributed by atoms with E-state index in [2.05, 4.69) is 18.0 Å². The van der Waals surface area contributed by atoms with Crippen LogP contribution in [0.4, 0.5) is 10.2 Å². The molecule has 164 valence electrons. The second kappa shape index (κ2) is 8.89. The van der Waals surface area contributed by atoms with Gasteiger partial charge < -0.3 is 14.4 Å². The van der Waals surface area contributed by atoms with Crippen molar-refractivity contribution in [3.05, 3.63) is 74.9 Å². The van der Waals surface area contributed by atoms with Crippen molar-refractivity contribution < 1.29 is 13.9 Å². The molecule has 0 aliphatic carbocycles. The molecule has 0 saturated carbocycles. The van der Waals surface area contributed by atoms with E-state index >= 15 is 0 Å². The molecule has 2 heterocycles. The molecular weight excluding hydrogens is 435 g/mol. The Kier molecular flexibility index (Phi) is 6.01. The predicted molar refractivity (Wildman–Crippen MR) is 118 cm³/mol. The van der Waals surface area contributed by atoms with E-state index in [1.165, 1.54) is 12.1 Å². The summed E-state index contributed by atoms with van der Waals surface area (Å²) in [7, 11) is 1.93. The van der Waals surface area contributed by atoms with Crippen molar-refractivity contribution in [2.75, 3.05) is 11.9 Å². The smallest absolute Gasteiger partial charge is 0.352 e. The summed E-state index contributed by atoms with van der Waals surface area (Å²) >= 11 is 5.69. The van der Waals surface area contributed by atoms with Gasteiger partial charge in [-0.05, 0) is 43.2 Å². The van der Waals surface area contributed by atoms with Crippen LogP contribution < -0.4 is 20.1 Å². The van der Waals surface area contributed by atoms with Gasteiger partial charge in [0.1, 0.15) is 35.8 Å². The van der Waals surface area contributed by atoms with Gasteiger partial charge in [-0.15, -0.1) is 0 Å². The molecule has 9 heteroatoms. The highest BCUT2D eigenvalue weighted by molar-refractivity contribution is 6.30. The maximum atomic E-state index is 13.6. The molecular formula is C23H20ClFN4O3. The third-order valence-corrected chi connectivity index (χ3v) is 5.74. The first-order valence-corrected chi connectivity index (χ1v) is 10.4. The van der Waals surface area contributed by atoms with Gasteiger partial charge in [0.15, 0.2) is 0 Å². The first-order chi connectivity index (χ1) is 15.4. The zero-order valence-corrected chi connectivity index (χ0v) is 18.3. The molecule has 0 saturated heterocycles. The summed E-state index contributed by atoms with van der Waals surface area (Å²) in [4.78, 5) is 18.4. The fourth-order valence-electron chi connectivity index (χ4n) is 3.45. The number of anilines is 1. The Morgan fingerprint density at radius 2 is 2.09 bits per heavy atom. The third-order valence-electron chi connectivity index (χ3n) is 5.43. The maximum absolute atomic E-state index is 13.6. The highest BCUT2D eigenvalue weighted by atomic mass is 35.5. The Bertz CT molecular complexity index is 1270. The highest BCUT2D eigenvalue weighted by Gasteiger charge is 2.22. The highest BCUT2D eigenvalue weighted by Crippen LogP contribution is 2.29. The second-order valence-corrected chi connectivity index (χ2v) is 7.95. The minimum Gasteiger partial charge on any atom is -0.473 e. The van der Waals surface area contributed by atoms with Crippen molar-refractivity contribution in [2.24, 2.45) is 0 Å². The molecule has 0 spiro atoms. The van der Waals surface area contributed by atoms with Crippen molar-refractivity contribution >= 4 is 17.4 Å². The van der Waals surface area contributed by atoms with Crippen LogP contribution in [0.3, 0.4) is 0 Å². The van der Waals surface area contributed by atoms with E-state index in [0.29, 0.717) is 18.2 Å². The molecule has 32 heavy (non-hydrogen) atoms. The molecule has 0 fully saturated rings. The Morgan fingerprint density at radius 3 is 2.84 bits per heavy atom. The summed E-state index contributed by atoms with van der Waals surface area (Å²) in [6.45, 7) is 2.83. The van der Waals surface area contributed by atoms with Crippen LogP contribution in [-0.4, -0.2) is 22.6 Å². The molecule has 0 N–H and O–H groups in total. The molecule has 1 aliphatic heterocycles. The lowest BCUT2D eigenvalue weighted by atomic mass is 10.1. The summed E-state index contributed by atoms with van der Waals surface area (Å²) in [5.74, 6) is 0.873. The third kappa shape index (κ3) is 4.39. The molecule has 1 atom stereocenters. The number of ether oxygens (including phenoxy) is 2. The topological polar surface area (TPSA) is 80.4 Å². The van der Waals surface area contributed by atoms with Crippen LogP contribution in [0.2, 0.25) is 5.02 Å². The monoisotopic (exact) mass is 454 g/mol. The van der Waals surface area contributed by atoms with E-state index < -0.39 is 5.82 Å². The lowest BCUT2D eigenvalue weighted by Gasteiger charge is -2.34. The van der Waals surface area contributed by atoms with Crippen LogP contribution in [-0.2, 0) is 13.2 Å². The van der Waals surface area contributed by atoms with Gasteiger partial charge in [0.05, 0.1) is 10.6 Å². The summed E-state index contributed by atoms with van der Waals surface area (Å²) in [6, 6.07) is 13.1. The van der Waals surface area contributed by atoms with E-state index in [0.717, 1.165) is 18.3 Å². The SMILES string of the molecule is CC1CCn2c(cc(OCc3ccc(Oc4ccc(Cl)c(F)c4)c(C#N)c3)nc2=O)N1C. The van der Waals surface area contributed by atoms with E-state index in [1.54, 1.807) is 28.8 Å². The first-order valence-electron chi connectivity index (χ1n) is 9.99. The Balaban J connectivity index is 1.51. The zero-order chi connectivity index (χ0) is 22.8. The molecule has 7 nitrogen and oxygen atoms in total. The number of halogens is 2. The van der Waals surface area contributed by atoms with Gasteiger partial charge in [0.2, 0.25) is 5.88 Å². The minimum atomic E-state index is -0.610. The van der Waals surface area contributed by atoms with Gasteiger partial charge in [0.25, 0.3) is 0 Å². The molecule has 1 aromatic heterocycles. The number of nitrogens with zero attached hydrogens (tertiary/aromatic N) is 4. The quantitative estimate of drug-likeness (QED) is 0.564. The van der Waals surface area contributed by atoms with Gasteiger partial charge in [0, 0.05) is 31.8 Å². The van der Waals surface area contributed by atoms with Gasteiger partial charge in [-0.1, -0.05) is 17.7 Å². The molecule has 2 aromatic carbocycles. The zero-order valence-electron chi connectivity index (χ0n) is 17.5. The van der Waals surface area contributed by atoms with Gasteiger partial charge in [-0.3, -0.25) is 4.57 Å². The molecule has 1 unspecified atom stereocenters. The van der Waals surface area contributed by atoms with Crippen LogP contribution in [0.5, 0.6) is 17.4 Å². The Morgan fingerprint density at radius 1 is 1.28 bits per heavy atom. The number of nitriles is 1. The van der Waals surface area contributed by atoms with E-state index in [4.69, 9.17) is 21.1 Å². The average Bonchev–Trinajstić information content (AvgIpc) is 2.78. The minimum absolute atomic E-state index is 0.0126.